The van der Waals surface area contributed by atoms with Gasteiger partial charge in [0.15, 0.2) is 0 Å². The molecular weight excluding hydrogens is 220 g/mol. The average molecular weight is 240 g/mol. The van der Waals surface area contributed by atoms with Crippen LogP contribution in [0.1, 0.15) is 26.2 Å². The first-order chi connectivity index (χ1) is 8.21. The molecule has 0 radical (unpaired) electrons. The third-order valence-corrected chi connectivity index (χ3v) is 2.71. The number of aliphatic hydroxyl groups excluding tert-OH is 1. The van der Waals surface area contributed by atoms with Crippen LogP contribution in [0.2, 0.25) is 0 Å². The normalized spacial score (nSPS) is 27.2. The van der Waals surface area contributed by atoms with E-state index in [-0.39, 0.29) is 25.3 Å². The van der Waals surface area contributed by atoms with Crippen molar-refractivity contribution in [1.29, 1.82) is 0 Å². The van der Waals surface area contributed by atoms with E-state index < -0.39 is 0 Å². The highest BCUT2D eigenvalue weighted by atomic mass is 16.5. The fourth-order valence-electron chi connectivity index (χ4n) is 1.93. The van der Waals surface area contributed by atoms with Gasteiger partial charge in [0.25, 0.3) is 0 Å². The van der Waals surface area contributed by atoms with E-state index in [4.69, 9.17) is 14.6 Å². The molecule has 0 aromatic rings. The van der Waals surface area contributed by atoms with Crippen LogP contribution in [0.4, 0.5) is 0 Å². The summed E-state index contributed by atoms with van der Waals surface area (Å²) in [5, 5.41) is 8.96. The summed E-state index contributed by atoms with van der Waals surface area (Å²) < 4.78 is 5.68. The lowest BCUT2D eigenvalue weighted by Gasteiger charge is -2.26. The van der Waals surface area contributed by atoms with Crippen molar-refractivity contribution in [3.63, 3.8) is 0 Å². The van der Waals surface area contributed by atoms with E-state index in [2.05, 4.69) is 36.0 Å². The molecule has 0 aromatic heterocycles. The molecule has 0 spiro atoms. The largest absolute Gasteiger partial charge is 0.394 e. The van der Waals surface area contributed by atoms with Gasteiger partial charge in [-0.2, -0.15) is 0 Å². The van der Waals surface area contributed by atoms with Crippen molar-refractivity contribution < 1.29 is 14.6 Å². The fraction of sp³-hybridized carbons (Fsp3) is 0.583. The maximum atomic E-state index is 8.96. The summed E-state index contributed by atoms with van der Waals surface area (Å²) in [5.41, 5.74) is 5.52. The van der Waals surface area contributed by atoms with Gasteiger partial charge in [0.1, 0.15) is 6.23 Å². The molecule has 0 aromatic carbocycles. The summed E-state index contributed by atoms with van der Waals surface area (Å²) in [6.07, 6.45) is 9.74. The summed E-state index contributed by atoms with van der Waals surface area (Å²) in [5.74, 6) is 0. The van der Waals surface area contributed by atoms with Crippen LogP contribution in [0.3, 0.4) is 0 Å². The van der Waals surface area contributed by atoms with Gasteiger partial charge in [-0.05, 0) is 26.2 Å². The number of hydrogen-bond donors (Lipinski definition) is 2. The predicted molar refractivity (Wildman–Crippen MR) is 64.6 cm³/mol. The van der Waals surface area contributed by atoms with E-state index in [1.54, 1.807) is 0 Å². The topological polar surface area (TPSA) is 75.8 Å². The number of nitrogens with two attached hydrogens (primary N) is 1. The Hall–Kier alpha value is -1.33. The molecule has 0 bridgehead atoms. The third kappa shape index (κ3) is 4.20. The Balaban J connectivity index is 0.000000437. The molecule has 2 aliphatic rings. The number of aliphatic hydroxyl groups is 1. The Morgan fingerprint density at radius 2 is 2.35 bits per heavy atom. The van der Waals surface area contributed by atoms with E-state index in [1.165, 1.54) is 5.57 Å². The number of allylic oxidation sites excluding steroid dienone is 2. The average Bonchev–Trinajstić information content (AvgIpc) is 2.78. The minimum atomic E-state index is 0.0315. The Morgan fingerprint density at radius 1 is 1.65 bits per heavy atom. The molecule has 5 heteroatoms. The highest BCUT2D eigenvalue weighted by Gasteiger charge is 2.27. The van der Waals surface area contributed by atoms with E-state index in [0.717, 1.165) is 19.3 Å². The number of ether oxygens (including phenoxy) is 1. The third-order valence-electron chi connectivity index (χ3n) is 2.71. The summed E-state index contributed by atoms with van der Waals surface area (Å²) in [4.78, 5) is 10.7. The first-order valence-electron chi connectivity index (χ1n) is 5.74. The molecule has 1 amide bonds. The molecule has 17 heavy (non-hydrogen) atoms. The first kappa shape index (κ1) is 13.7. The maximum absolute atomic E-state index is 8.96. The van der Waals surface area contributed by atoms with E-state index in [9.17, 15) is 0 Å². The number of carbonyl (C=O) groups is 1. The smallest absolute Gasteiger partial charge is 0.204 e. The monoisotopic (exact) mass is 240 g/mol. The minimum absolute atomic E-state index is 0.0315. The van der Waals surface area contributed by atoms with Crippen LogP contribution < -0.4 is 5.73 Å². The van der Waals surface area contributed by atoms with Crippen molar-refractivity contribution in [1.82, 2.24) is 4.90 Å². The summed E-state index contributed by atoms with van der Waals surface area (Å²) in [6.45, 7) is 2.26. The number of hydrogen-bond acceptors (Lipinski definition) is 4. The standard InChI is InChI=1S/C11H17NO2.CH3NO/c1-9-3-2-6-12(7-9)11-5-4-10(8-13)14-11;2-1-3/h2,6-7,10-11,13H,3-5,8H2,1H3;1H,(H2,2,3). The summed E-state index contributed by atoms with van der Waals surface area (Å²) in [7, 11) is 0. The van der Waals surface area contributed by atoms with E-state index in [0.29, 0.717) is 0 Å². The number of rotatable bonds is 2. The van der Waals surface area contributed by atoms with Gasteiger partial charge in [0.2, 0.25) is 6.41 Å². The number of amides is 1. The molecule has 5 nitrogen and oxygen atoms in total. The van der Waals surface area contributed by atoms with Gasteiger partial charge in [0.05, 0.1) is 12.7 Å². The molecule has 1 saturated heterocycles. The van der Waals surface area contributed by atoms with E-state index >= 15 is 0 Å². The Morgan fingerprint density at radius 3 is 2.88 bits per heavy atom. The van der Waals surface area contributed by atoms with Crippen molar-refractivity contribution in [2.75, 3.05) is 6.61 Å². The van der Waals surface area contributed by atoms with Crippen LogP contribution in [-0.2, 0) is 9.53 Å². The highest BCUT2D eigenvalue weighted by Crippen LogP contribution is 2.25. The molecule has 2 aliphatic heterocycles. The molecule has 0 saturated carbocycles. The van der Waals surface area contributed by atoms with Gasteiger partial charge >= 0.3 is 0 Å². The number of primary amides is 1. The predicted octanol–water partition coefficient (Wildman–Crippen LogP) is 0.709. The maximum Gasteiger partial charge on any atom is 0.204 e. The fourth-order valence-corrected chi connectivity index (χ4v) is 1.93. The van der Waals surface area contributed by atoms with Crippen molar-refractivity contribution in [2.24, 2.45) is 5.73 Å². The zero-order valence-corrected chi connectivity index (χ0v) is 10.1. The van der Waals surface area contributed by atoms with Gasteiger partial charge in [-0.15, -0.1) is 0 Å². The summed E-state index contributed by atoms with van der Waals surface area (Å²) in [6, 6.07) is 0. The SMILES string of the molecule is CC1=CN(C2CCC(CO)O2)C=CC1.NC=O. The van der Waals surface area contributed by atoms with Gasteiger partial charge in [0, 0.05) is 12.4 Å². The second-order valence-electron chi connectivity index (χ2n) is 4.12. The lowest BCUT2D eigenvalue weighted by molar-refractivity contribution is -0.106. The number of carbonyl (C=O) groups excluding carboxylic acids is 1. The molecule has 0 aliphatic carbocycles. The zero-order chi connectivity index (χ0) is 12.7. The van der Waals surface area contributed by atoms with Crippen LogP contribution >= 0.6 is 0 Å². The van der Waals surface area contributed by atoms with Crippen LogP contribution in [0.5, 0.6) is 0 Å². The van der Waals surface area contributed by atoms with Crippen molar-refractivity contribution in [3.8, 4) is 0 Å². The van der Waals surface area contributed by atoms with Crippen LogP contribution in [0, 0.1) is 0 Å². The quantitative estimate of drug-likeness (QED) is 0.697. The minimum Gasteiger partial charge on any atom is -0.394 e. The van der Waals surface area contributed by atoms with Crippen LogP contribution in [-0.4, -0.2) is 35.4 Å². The van der Waals surface area contributed by atoms with E-state index in [1.807, 2.05) is 0 Å². The lowest BCUT2D eigenvalue weighted by atomic mass is 10.2. The van der Waals surface area contributed by atoms with Crippen LogP contribution in [0.15, 0.2) is 24.0 Å². The molecule has 2 atom stereocenters. The highest BCUT2D eigenvalue weighted by molar-refractivity contribution is 5.42. The molecule has 96 valence electrons. The molecular formula is C12H20N2O3. The molecule has 2 heterocycles. The zero-order valence-electron chi connectivity index (χ0n) is 10.1. The van der Waals surface area contributed by atoms with Crippen molar-refractivity contribution in [3.05, 3.63) is 24.0 Å². The Labute approximate surface area is 102 Å². The van der Waals surface area contributed by atoms with Gasteiger partial charge in [-0.1, -0.05) is 11.6 Å². The second-order valence-corrected chi connectivity index (χ2v) is 4.12. The Kier molecular flexibility index (Phi) is 5.72. The van der Waals surface area contributed by atoms with Crippen LogP contribution in [0.25, 0.3) is 0 Å². The second kappa shape index (κ2) is 7.09. The van der Waals surface area contributed by atoms with Gasteiger partial charge < -0.3 is 20.5 Å². The number of nitrogens with zero attached hydrogens (tertiary/aromatic N) is 1. The van der Waals surface area contributed by atoms with Gasteiger partial charge in [-0.3, -0.25) is 4.79 Å². The summed E-state index contributed by atoms with van der Waals surface area (Å²) >= 11 is 0. The first-order valence-corrected chi connectivity index (χ1v) is 5.74. The van der Waals surface area contributed by atoms with Crippen molar-refractivity contribution in [2.45, 2.75) is 38.5 Å². The molecule has 1 fully saturated rings. The molecule has 2 rings (SSSR count). The Bertz CT molecular complexity index is 302. The van der Waals surface area contributed by atoms with Crippen molar-refractivity contribution >= 4 is 6.41 Å². The molecule has 3 N–H and O–H groups in total. The lowest BCUT2D eigenvalue weighted by Crippen LogP contribution is -2.28. The van der Waals surface area contributed by atoms with Gasteiger partial charge in [-0.25, -0.2) is 0 Å². The molecule has 2 unspecified atom stereocenters.